The summed E-state index contributed by atoms with van der Waals surface area (Å²) < 4.78 is 25.6. The molecule has 6 nitrogen and oxygen atoms in total. The van der Waals surface area contributed by atoms with Crippen LogP contribution in [-0.4, -0.2) is 55.0 Å². The molecule has 210 valence electrons. The van der Waals surface area contributed by atoms with E-state index in [1.807, 2.05) is 18.2 Å². The van der Waals surface area contributed by atoms with Crippen LogP contribution in [0.5, 0.6) is 0 Å². The van der Waals surface area contributed by atoms with E-state index >= 15 is 0 Å². The molecule has 3 aromatic carbocycles. The van der Waals surface area contributed by atoms with Crippen molar-refractivity contribution in [3.63, 3.8) is 0 Å². The lowest BCUT2D eigenvalue weighted by Crippen LogP contribution is -2.37. The SMILES string of the molecule is CC(C)N1CCC(c2ccc(-c3ccc4c(c3)cc(-c3ccc(S(C)(=O)=O)cc3)c(=O)n4CCCO)cc2)CC1. The number of nitrogens with zero attached hydrogens (tertiary/aromatic N) is 2. The van der Waals surface area contributed by atoms with Crippen molar-refractivity contribution < 1.29 is 13.5 Å². The van der Waals surface area contributed by atoms with Gasteiger partial charge in [-0.25, -0.2) is 8.42 Å². The van der Waals surface area contributed by atoms with E-state index in [-0.39, 0.29) is 17.1 Å². The van der Waals surface area contributed by atoms with E-state index in [0.29, 0.717) is 36.1 Å². The molecule has 1 aliphatic heterocycles. The van der Waals surface area contributed by atoms with E-state index in [2.05, 4.69) is 49.1 Å². The molecule has 0 atom stereocenters. The number of hydrogen-bond acceptors (Lipinski definition) is 5. The Bertz CT molecular complexity index is 1650. The predicted octanol–water partition coefficient (Wildman–Crippen LogP) is 5.71. The van der Waals surface area contributed by atoms with Crippen LogP contribution in [0.15, 0.2) is 82.5 Å². The van der Waals surface area contributed by atoms with Crippen molar-refractivity contribution in [3.05, 3.63) is 88.7 Å². The van der Waals surface area contributed by atoms with Gasteiger partial charge in [0.1, 0.15) is 0 Å². The molecule has 0 radical (unpaired) electrons. The number of hydrogen-bond donors (Lipinski definition) is 1. The fourth-order valence-electron chi connectivity index (χ4n) is 5.80. The molecule has 1 fully saturated rings. The van der Waals surface area contributed by atoms with Crippen LogP contribution in [0.25, 0.3) is 33.2 Å². The van der Waals surface area contributed by atoms with Crippen LogP contribution < -0.4 is 5.56 Å². The van der Waals surface area contributed by atoms with Crippen LogP contribution in [0.1, 0.15) is 44.6 Å². The molecule has 0 saturated carbocycles. The van der Waals surface area contributed by atoms with Gasteiger partial charge in [0.05, 0.1) is 10.4 Å². The number of piperidine rings is 1. The van der Waals surface area contributed by atoms with E-state index in [4.69, 9.17) is 0 Å². The van der Waals surface area contributed by atoms with Crippen LogP contribution >= 0.6 is 0 Å². The van der Waals surface area contributed by atoms with Gasteiger partial charge in [0.25, 0.3) is 5.56 Å². The summed E-state index contributed by atoms with van der Waals surface area (Å²) in [5.74, 6) is 0.596. The van der Waals surface area contributed by atoms with Gasteiger partial charge in [0.2, 0.25) is 0 Å². The maximum atomic E-state index is 13.5. The Hall–Kier alpha value is -3.26. The summed E-state index contributed by atoms with van der Waals surface area (Å²) in [5, 5.41) is 10.4. The first-order valence-electron chi connectivity index (χ1n) is 14.1. The van der Waals surface area contributed by atoms with Gasteiger partial charge in [-0.05, 0) is 110 Å². The van der Waals surface area contributed by atoms with Crippen molar-refractivity contribution in [1.82, 2.24) is 9.47 Å². The first-order valence-corrected chi connectivity index (χ1v) is 16.0. The molecule has 1 aromatic heterocycles. The number of aliphatic hydroxyl groups is 1. The summed E-state index contributed by atoms with van der Waals surface area (Å²) in [5.41, 5.74) is 5.41. The van der Waals surface area contributed by atoms with E-state index < -0.39 is 9.84 Å². The minimum atomic E-state index is -3.33. The Morgan fingerprint density at radius 2 is 1.50 bits per heavy atom. The molecule has 1 N–H and O–H groups in total. The molecule has 2 heterocycles. The van der Waals surface area contributed by atoms with Crippen molar-refractivity contribution >= 4 is 20.7 Å². The third-order valence-corrected chi connectivity index (χ3v) is 9.33. The van der Waals surface area contributed by atoms with Crippen LogP contribution in [0.3, 0.4) is 0 Å². The maximum Gasteiger partial charge on any atom is 0.258 e. The summed E-state index contributed by atoms with van der Waals surface area (Å²) in [6.07, 6.45) is 4.01. The lowest BCUT2D eigenvalue weighted by Gasteiger charge is -2.34. The monoisotopic (exact) mass is 558 g/mol. The second kappa shape index (κ2) is 11.7. The molecule has 0 amide bonds. The second-order valence-electron chi connectivity index (χ2n) is 11.2. The summed E-state index contributed by atoms with van der Waals surface area (Å²) in [6, 6.07) is 24.0. The standard InChI is InChI=1S/C33H38N2O4S/c1-23(2)34-18-15-26(16-19-34)24-5-7-25(8-6-24)28-11-14-32-29(21-28)22-31(33(37)35(32)17-4-20-36)27-9-12-30(13-10-27)40(3,38)39/h5-14,21-23,26,36H,4,15-20H2,1-3H3. The third-order valence-electron chi connectivity index (χ3n) is 8.20. The predicted molar refractivity (Wildman–Crippen MR) is 163 cm³/mol. The highest BCUT2D eigenvalue weighted by molar-refractivity contribution is 7.90. The number of aryl methyl sites for hydroxylation is 1. The molecule has 1 saturated heterocycles. The Morgan fingerprint density at radius 3 is 2.10 bits per heavy atom. The number of fused-ring (bicyclic) bond motifs is 1. The first-order chi connectivity index (χ1) is 19.2. The van der Waals surface area contributed by atoms with Crippen molar-refractivity contribution in [2.75, 3.05) is 26.0 Å². The zero-order chi connectivity index (χ0) is 28.4. The van der Waals surface area contributed by atoms with E-state index in [0.717, 1.165) is 35.1 Å². The number of aliphatic hydroxyl groups excluding tert-OH is 1. The van der Waals surface area contributed by atoms with Crippen LogP contribution in [-0.2, 0) is 16.4 Å². The van der Waals surface area contributed by atoms with E-state index in [1.165, 1.54) is 36.8 Å². The van der Waals surface area contributed by atoms with Crippen molar-refractivity contribution in [2.45, 2.75) is 56.5 Å². The molecule has 7 heteroatoms. The van der Waals surface area contributed by atoms with Crippen LogP contribution in [0.2, 0.25) is 0 Å². The Morgan fingerprint density at radius 1 is 0.875 bits per heavy atom. The third kappa shape index (κ3) is 5.92. The van der Waals surface area contributed by atoms with Crippen molar-refractivity contribution in [1.29, 1.82) is 0 Å². The highest BCUT2D eigenvalue weighted by atomic mass is 32.2. The summed E-state index contributed by atoms with van der Waals surface area (Å²) in [6.45, 7) is 7.20. The van der Waals surface area contributed by atoms with Gasteiger partial charge >= 0.3 is 0 Å². The van der Waals surface area contributed by atoms with Gasteiger partial charge in [0.15, 0.2) is 9.84 Å². The van der Waals surface area contributed by atoms with Gasteiger partial charge in [0, 0.05) is 31.0 Å². The molecule has 40 heavy (non-hydrogen) atoms. The molecular weight excluding hydrogens is 520 g/mol. The number of benzene rings is 3. The fraction of sp³-hybridized carbons (Fsp3) is 0.364. The number of pyridine rings is 1. The Labute approximate surface area is 236 Å². The Balaban J connectivity index is 1.49. The van der Waals surface area contributed by atoms with Crippen LogP contribution in [0, 0.1) is 0 Å². The highest BCUT2D eigenvalue weighted by Gasteiger charge is 2.22. The topological polar surface area (TPSA) is 79.6 Å². The quantitative estimate of drug-likeness (QED) is 0.300. The van der Waals surface area contributed by atoms with Gasteiger partial charge in [-0.2, -0.15) is 0 Å². The molecule has 0 unspecified atom stereocenters. The molecular formula is C33H38N2O4S. The number of sulfone groups is 1. The summed E-state index contributed by atoms with van der Waals surface area (Å²) >= 11 is 0. The number of likely N-dealkylation sites (tertiary alicyclic amines) is 1. The molecule has 5 rings (SSSR count). The van der Waals surface area contributed by atoms with Gasteiger partial charge < -0.3 is 14.6 Å². The Kier molecular flexibility index (Phi) is 8.26. The van der Waals surface area contributed by atoms with E-state index in [1.54, 1.807) is 16.7 Å². The average Bonchev–Trinajstić information content (AvgIpc) is 2.96. The summed E-state index contributed by atoms with van der Waals surface area (Å²) in [4.78, 5) is 16.3. The van der Waals surface area contributed by atoms with Crippen molar-refractivity contribution in [3.8, 4) is 22.3 Å². The number of rotatable bonds is 8. The lowest BCUT2D eigenvalue weighted by molar-refractivity contribution is 0.172. The maximum absolute atomic E-state index is 13.5. The second-order valence-corrected chi connectivity index (χ2v) is 13.2. The number of aromatic nitrogens is 1. The zero-order valence-corrected chi connectivity index (χ0v) is 24.3. The van der Waals surface area contributed by atoms with Gasteiger partial charge in [-0.15, -0.1) is 0 Å². The lowest BCUT2D eigenvalue weighted by atomic mass is 9.88. The van der Waals surface area contributed by atoms with Crippen LogP contribution in [0.4, 0.5) is 0 Å². The van der Waals surface area contributed by atoms with Gasteiger partial charge in [-0.1, -0.05) is 42.5 Å². The fourth-order valence-corrected chi connectivity index (χ4v) is 6.43. The molecule has 1 aliphatic rings. The molecule has 0 spiro atoms. The first kappa shape index (κ1) is 28.3. The average molecular weight is 559 g/mol. The molecule has 0 aliphatic carbocycles. The minimum absolute atomic E-state index is 0.0118. The van der Waals surface area contributed by atoms with E-state index in [9.17, 15) is 18.3 Å². The summed E-state index contributed by atoms with van der Waals surface area (Å²) in [7, 11) is -3.33. The minimum Gasteiger partial charge on any atom is -0.396 e. The smallest absolute Gasteiger partial charge is 0.258 e. The zero-order valence-electron chi connectivity index (χ0n) is 23.5. The van der Waals surface area contributed by atoms with Gasteiger partial charge in [-0.3, -0.25) is 4.79 Å². The normalized spacial score (nSPS) is 15.2. The largest absolute Gasteiger partial charge is 0.396 e. The molecule has 0 bridgehead atoms. The molecule has 4 aromatic rings. The highest BCUT2D eigenvalue weighted by Crippen LogP contribution is 2.32. The van der Waals surface area contributed by atoms with Crippen molar-refractivity contribution in [2.24, 2.45) is 0 Å².